The summed E-state index contributed by atoms with van der Waals surface area (Å²) in [6.45, 7) is 8.19. The van der Waals surface area contributed by atoms with Crippen LogP contribution in [0.2, 0.25) is 0 Å². The standard InChI is InChI=1S/C20H33N3O2/c1-15(2)25-19-13-16(23-20-18(19)8-6-10-22-20)7-4-3-5-12-24-17-9-11-21-14-17/h13,15,17,21H,3-12,14H2,1-2H3,(H,22,23)/t17-/m1/s1. The topological polar surface area (TPSA) is 55.4 Å². The number of fused-ring (bicyclic) bond motifs is 1. The second-order valence-corrected chi connectivity index (χ2v) is 7.43. The highest BCUT2D eigenvalue weighted by Crippen LogP contribution is 2.31. The highest BCUT2D eigenvalue weighted by Gasteiger charge is 2.18. The summed E-state index contributed by atoms with van der Waals surface area (Å²) in [5.41, 5.74) is 2.40. The first-order valence-corrected chi connectivity index (χ1v) is 9.98. The molecule has 0 saturated carbocycles. The van der Waals surface area contributed by atoms with Gasteiger partial charge in [-0.05, 0) is 58.9 Å². The fourth-order valence-corrected chi connectivity index (χ4v) is 3.55. The summed E-state index contributed by atoms with van der Waals surface area (Å²) >= 11 is 0. The van der Waals surface area contributed by atoms with Crippen molar-refractivity contribution < 1.29 is 9.47 Å². The molecule has 0 aliphatic carbocycles. The van der Waals surface area contributed by atoms with Gasteiger partial charge in [-0.1, -0.05) is 6.42 Å². The number of aryl methyl sites for hydroxylation is 1. The van der Waals surface area contributed by atoms with E-state index in [1.54, 1.807) is 0 Å². The Morgan fingerprint density at radius 3 is 2.96 bits per heavy atom. The molecule has 0 unspecified atom stereocenters. The van der Waals surface area contributed by atoms with Crippen LogP contribution >= 0.6 is 0 Å². The van der Waals surface area contributed by atoms with Crippen LogP contribution in [-0.4, -0.2) is 43.4 Å². The smallest absolute Gasteiger partial charge is 0.133 e. The average molecular weight is 348 g/mol. The molecular weight excluding hydrogens is 314 g/mol. The van der Waals surface area contributed by atoms with Gasteiger partial charge in [-0.3, -0.25) is 0 Å². The Labute approximate surface area is 151 Å². The third-order valence-electron chi connectivity index (χ3n) is 4.84. The van der Waals surface area contributed by atoms with Gasteiger partial charge >= 0.3 is 0 Å². The minimum atomic E-state index is 0.198. The Morgan fingerprint density at radius 1 is 1.24 bits per heavy atom. The van der Waals surface area contributed by atoms with Crippen molar-refractivity contribution in [1.29, 1.82) is 0 Å². The van der Waals surface area contributed by atoms with Gasteiger partial charge in [0.05, 0.1) is 12.2 Å². The van der Waals surface area contributed by atoms with E-state index < -0.39 is 0 Å². The van der Waals surface area contributed by atoms with E-state index in [0.717, 1.165) is 82.0 Å². The zero-order valence-electron chi connectivity index (χ0n) is 15.8. The molecule has 1 atom stereocenters. The molecular formula is C20H33N3O2. The quantitative estimate of drug-likeness (QED) is 0.671. The molecule has 2 aliphatic heterocycles. The molecule has 3 rings (SSSR count). The zero-order valence-corrected chi connectivity index (χ0v) is 15.8. The number of nitrogens with one attached hydrogen (secondary N) is 2. The number of rotatable bonds is 9. The lowest BCUT2D eigenvalue weighted by Crippen LogP contribution is -2.17. The molecule has 5 heteroatoms. The number of anilines is 1. The van der Waals surface area contributed by atoms with Crippen molar-refractivity contribution in [1.82, 2.24) is 10.3 Å². The summed E-state index contributed by atoms with van der Waals surface area (Å²) in [6.07, 6.45) is 8.48. The average Bonchev–Trinajstić information content (AvgIpc) is 3.11. The third-order valence-corrected chi connectivity index (χ3v) is 4.84. The molecule has 25 heavy (non-hydrogen) atoms. The van der Waals surface area contributed by atoms with Gasteiger partial charge in [0.25, 0.3) is 0 Å². The van der Waals surface area contributed by atoms with E-state index in [2.05, 4.69) is 30.5 Å². The molecule has 0 spiro atoms. The minimum absolute atomic E-state index is 0.198. The number of ether oxygens (including phenoxy) is 2. The second kappa shape index (κ2) is 9.39. The predicted octanol–water partition coefficient (Wildman–Crippen LogP) is 3.32. The van der Waals surface area contributed by atoms with Crippen molar-refractivity contribution in [2.75, 3.05) is 31.6 Å². The number of pyridine rings is 1. The molecule has 0 aromatic carbocycles. The molecule has 2 N–H and O–H groups in total. The van der Waals surface area contributed by atoms with Crippen molar-refractivity contribution in [3.05, 3.63) is 17.3 Å². The van der Waals surface area contributed by atoms with E-state index >= 15 is 0 Å². The highest BCUT2D eigenvalue weighted by molar-refractivity contribution is 5.55. The maximum Gasteiger partial charge on any atom is 0.133 e. The summed E-state index contributed by atoms with van der Waals surface area (Å²) in [5.74, 6) is 2.07. The van der Waals surface area contributed by atoms with Crippen LogP contribution in [0.3, 0.4) is 0 Å². The lowest BCUT2D eigenvalue weighted by Gasteiger charge is -2.22. The fraction of sp³-hybridized carbons (Fsp3) is 0.750. The molecule has 0 radical (unpaired) electrons. The first-order valence-electron chi connectivity index (χ1n) is 9.98. The summed E-state index contributed by atoms with van der Waals surface area (Å²) in [4.78, 5) is 4.83. The van der Waals surface area contributed by atoms with E-state index in [0.29, 0.717) is 6.10 Å². The van der Waals surface area contributed by atoms with E-state index in [1.165, 1.54) is 12.0 Å². The second-order valence-electron chi connectivity index (χ2n) is 7.43. The van der Waals surface area contributed by atoms with Gasteiger partial charge in [0.1, 0.15) is 11.6 Å². The lowest BCUT2D eigenvalue weighted by molar-refractivity contribution is 0.0642. The Kier molecular flexibility index (Phi) is 6.93. The molecule has 1 aromatic heterocycles. The van der Waals surface area contributed by atoms with Gasteiger partial charge in [-0.25, -0.2) is 4.98 Å². The molecule has 1 aromatic rings. The van der Waals surface area contributed by atoms with Gasteiger partial charge in [0, 0.05) is 37.0 Å². The molecule has 140 valence electrons. The molecule has 1 saturated heterocycles. The van der Waals surface area contributed by atoms with Crippen LogP contribution in [0.4, 0.5) is 5.82 Å². The van der Waals surface area contributed by atoms with Crippen LogP contribution in [0.1, 0.15) is 57.2 Å². The van der Waals surface area contributed by atoms with Crippen molar-refractivity contribution in [3.63, 3.8) is 0 Å². The number of hydrogen-bond donors (Lipinski definition) is 2. The van der Waals surface area contributed by atoms with Gasteiger partial charge in [-0.2, -0.15) is 0 Å². The first-order chi connectivity index (χ1) is 12.2. The maximum atomic E-state index is 6.05. The SMILES string of the molecule is CC(C)Oc1cc(CCCCCO[C@@H]2CCNC2)nc2c1CCCN2. The van der Waals surface area contributed by atoms with E-state index in [4.69, 9.17) is 14.5 Å². The number of aromatic nitrogens is 1. The van der Waals surface area contributed by atoms with Crippen LogP contribution < -0.4 is 15.4 Å². The van der Waals surface area contributed by atoms with Crippen LogP contribution in [0, 0.1) is 0 Å². The van der Waals surface area contributed by atoms with Gasteiger partial charge in [0.2, 0.25) is 0 Å². The molecule has 3 heterocycles. The maximum absolute atomic E-state index is 6.05. The summed E-state index contributed by atoms with van der Waals surface area (Å²) in [6, 6.07) is 2.16. The largest absolute Gasteiger partial charge is 0.491 e. The molecule has 1 fully saturated rings. The number of nitrogens with zero attached hydrogens (tertiary/aromatic N) is 1. The molecule has 2 aliphatic rings. The predicted molar refractivity (Wildman–Crippen MR) is 102 cm³/mol. The zero-order chi connectivity index (χ0) is 17.5. The van der Waals surface area contributed by atoms with Crippen LogP contribution in [-0.2, 0) is 17.6 Å². The van der Waals surface area contributed by atoms with Crippen LogP contribution in [0.25, 0.3) is 0 Å². The first kappa shape index (κ1) is 18.5. The van der Waals surface area contributed by atoms with Gasteiger partial charge < -0.3 is 20.1 Å². The van der Waals surface area contributed by atoms with Crippen molar-refractivity contribution in [2.45, 2.75) is 71.0 Å². The molecule has 0 bridgehead atoms. The Morgan fingerprint density at radius 2 is 2.16 bits per heavy atom. The summed E-state index contributed by atoms with van der Waals surface area (Å²) < 4.78 is 11.9. The normalized spacial score (nSPS) is 19.7. The summed E-state index contributed by atoms with van der Waals surface area (Å²) in [7, 11) is 0. The number of hydrogen-bond acceptors (Lipinski definition) is 5. The van der Waals surface area contributed by atoms with Crippen LogP contribution in [0.5, 0.6) is 5.75 Å². The van der Waals surface area contributed by atoms with E-state index in [1.807, 2.05) is 0 Å². The van der Waals surface area contributed by atoms with Crippen molar-refractivity contribution >= 4 is 5.82 Å². The highest BCUT2D eigenvalue weighted by atomic mass is 16.5. The van der Waals surface area contributed by atoms with E-state index in [-0.39, 0.29) is 6.10 Å². The lowest BCUT2D eigenvalue weighted by atomic mass is 10.0. The van der Waals surface area contributed by atoms with Crippen molar-refractivity contribution in [2.24, 2.45) is 0 Å². The Hall–Kier alpha value is -1.33. The fourth-order valence-electron chi connectivity index (χ4n) is 3.55. The minimum Gasteiger partial charge on any atom is -0.491 e. The van der Waals surface area contributed by atoms with Crippen molar-refractivity contribution in [3.8, 4) is 5.75 Å². The summed E-state index contributed by atoms with van der Waals surface area (Å²) in [5, 5.41) is 6.78. The number of unbranched alkanes of at least 4 members (excludes halogenated alkanes) is 2. The van der Waals surface area contributed by atoms with Gasteiger partial charge in [0.15, 0.2) is 0 Å². The molecule has 0 amide bonds. The van der Waals surface area contributed by atoms with Gasteiger partial charge in [-0.15, -0.1) is 0 Å². The van der Waals surface area contributed by atoms with E-state index in [9.17, 15) is 0 Å². The monoisotopic (exact) mass is 347 g/mol. The Balaban J connectivity index is 1.46. The Bertz CT molecular complexity index is 542. The van der Waals surface area contributed by atoms with Crippen LogP contribution in [0.15, 0.2) is 6.07 Å². The molecule has 5 nitrogen and oxygen atoms in total. The third kappa shape index (κ3) is 5.58.